The van der Waals surface area contributed by atoms with Gasteiger partial charge in [0, 0.05) is 12.4 Å². The molecule has 0 fully saturated rings. The van der Waals surface area contributed by atoms with E-state index in [2.05, 4.69) is 40.9 Å². The van der Waals surface area contributed by atoms with Gasteiger partial charge in [-0.15, -0.1) is 11.5 Å². The van der Waals surface area contributed by atoms with Crippen molar-refractivity contribution in [2.75, 3.05) is 0 Å². The van der Waals surface area contributed by atoms with E-state index in [0.29, 0.717) is 11.1 Å². The fourth-order valence-electron chi connectivity index (χ4n) is 3.68. The molecular formula is C28H33Cl2N3NiO2. The van der Waals surface area contributed by atoms with E-state index in [4.69, 9.17) is 23.2 Å². The summed E-state index contributed by atoms with van der Waals surface area (Å²) >= 11 is 12.4. The zero-order chi connectivity index (χ0) is 26.7. The van der Waals surface area contributed by atoms with Crippen LogP contribution in [0.2, 0.25) is 10.0 Å². The van der Waals surface area contributed by atoms with Gasteiger partial charge in [0.1, 0.15) is 5.69 Å². The molecule has 0 saturated heterocycles. The van der Waals surface area contributed by atoms with Gasteiger partial charge in [0.2, 0.25) is 0 Å². The van der Waals surface area contributed by atoms with Crippen molar-refractivity contribution < 1.29 is 26.7 Å². The van der Waals surface area contributed by atoms with Gasteiger partial charge < -0.3 is 10.2 Å². The fourth-order valence-corrected chi connectivity index (χ4v) is 4.61. The summed E-state index contributed by atoms with van der Waals surface area (Å²) in [5.74, 6) is -1.08. The molecule has 0 aliphatic carbocycles. The molecule has 0 aliphatic heterocycles. The van der Waals surface area contributed by atoms with Crippen LogP contribution in [0.3, 0.4) is 0 Å². The van der Waals surface area contributed by atoms with Crippen LogP contribution < -0.4 is 10.2 Å². The maximum absolute atomic E-state index is 12.2. The minimum atomic E-state index is -0.540. The third-order valence-electron chi connectivity index (χ3n) is 5.44. The van der Waals surface area contributed by atoms with E-state index in [9.17, 15) is 10.2 Å². The minimum Gasteiger partial charge on any atom is -0.873 e. The average Bonchev–Trinajstić information content (AvgIpc) is 2.74. The molecule has 196 valence electrons. The van der Waals surface area contributed by atoms with Crippen molar-refractivity contribution in [3.8, 4) is 11.5 Å². The van der Waals surface area contributed by atoms with Gasteiger partial charge in [-0.25, -0.2) is 0 Å². The number of aryl methyl sites for hydroxylation is 2. The van der Waals surface area contributed by atoms with Crippen LogP contribution >= 0.6 is 23.2 Å². The fraction of sp³-hybridized carbons (Fsp3) is 0.393. The molecule has 0 radical (unpaired) electrons. The van der Waals surface area contributed by atoms with Crippen molar-refractivity contribution in [1.29, 1.82) is 0 Å². The summed E-state index contributed by atoms with van der Waals surface area (Å²) in [5.41, 5.74) is 4.66. The van der Waals surface area contributed by atoms with Gasteiger partial charge >= 0.3 is 16.5 Å². The Morgan fingerprint density at radius 3 is 1.64 bits per heavy atom. The number of nitrogens with zero attached hydrogens (tertiary/aromatic N) is 3. The van der Waals surface area contributed by atoms with Crippen LogP contribution in [0.25, 0.3) is 0 Å². The molecule has 36 heavy (non-hydrogen) atoms. The van der Waals surface area contributed by atoms with E-state index in [1.165, 1.54) is 11.1 Å². The van der Waals surface area contributed by atoms with E-state index in [1.807, 2.05) is 54.5 Å². The predicted molar refractivity (Wildman–Crippen MR) is 143 cm³/mol. The summed E-state index contributed by atoms with van der Waals surface area (Å²) in [4.78, 5) is 12.9. The number of halogens is 2. The molecule has 3 aromatic rings. The first kappa shape index (κ1) is 31.9. The summed E-state index contributed by atoms with van der Waals surface area (Å²) < 4.78 is 0. The van der Waals surface area contributed by atoms with Crippen LogP contribution in [0, 0.1) is 13.8 Å². The Morgan fingerprint density at radius 2 is 1.28 bits per heavy atom. The van der Waals surface area contributed by atoms with Gasteiger partial charge in [-0.1, -0.05) is 82.9 Å². The molecule has 8 heteroatoms. The molecular weight excluding hydrogens is 540 g/mol. The molecule has 0 bridgehead atoms. The summed E-state index contributed by atoms with van der Waals surface area (Å²) in [5, 5.41) is 24.8. The minimum absolute atomic E-state index is 0. The number of benzene rings is 2. The summed E-state index contributed by atoms with van der Waals surface area (Å²) in [6, 6.07) is 6.17. The molecule has 0 saturated carbocycles. The van der Waals surface area contributed by atoms with Crippen molar-refractivity contribution in [2.45, 2.75) is 73.1 Å². The Bertz CT molecular complexity index is 1140. The second kappa shape index (κ2) is 12.4. The SMILES string of the molecule is CC(=Nc1c(C)cccc1C)c1cnccn1.CC(C)(C)c1c([O-])c([O-])c(C(C)(C)C)c(Cl)c1Cl.[Ni+2]. The third kappa shape index (κ3) is 7.44. The molecule has 0 atom stereocenters. The Balaban J connectivity index is 0.000000351. The molecule has 0 amide bonds. The van der Waals surface area contributed by atoms with E-state index in [-0.39, 0.29) is 26.5 Å². The topological polar surface area (TPSA) is 84.3 Å². The zero-order valence-electron chi connectivity index (χ0n) is 22.2. The van der Waals surface area contributed by atoms with Crippen molar-refractivity contribution >= 4 is 34.6 Å². The predicted octanol–water partition coefficient (Wildman–Crippen LogP) is 6.97. The summed E-state index contributed by atoms with van der Waals surface area (Å²) in [6.45, 7) is 17.1. The molecule has 0 spiro atoms. The van der Waals surface area contributed by atoms with Crippen molar-refractivity contribution in [1.82, 2.24) is 9.97 Å². The van der Waals surface area contributed by atoms with Crippen LogP contribution in [0.15, 0.2) is 41.8 Å². The van der Waals surface area contributed by atoms with E-state index < -0.39 is 22.3 Å². The smallest absolute Gasteiger partial charge is 0.873 e. The third-order valence-corrected chi connectivity index (χ3v) is 6.30. The number of hydrogen-bond acceptors (Lipinski definition) is 5. The monoisotopic (exact) mass is 571 g/mol. The number of aromatic nitrogens is 2. The maximum atomic E-state index is 12.2. The van der Waals surface area contributed by atoms with Gasteiger partial charge in [-0.2, -0.15) is 0 Å². The van der Waals surface area contributed by atoms with Gasteiger partial charge in [-0.3, -0.25) is 15.0 Å². The number of para-hydroxylation sites is 1. The Labute approximate surface area is 235 Å². The Hall–Kier alpha value is -2.14. The molecule has 5 nitrogen and oxygen atoms in total. The summed E-state index contributed by atoms with van der Waals surface area (Å²) in [7, 11) is 0. The Kier molecular flexibility index (Phi) is 11.0. The van der Waals surface area contributed by atoms with E-state index in [0.717, 1.165) is 17.1 Å². The van der Waals surface area contributed by atoms with Crippen molar-refractivity contribution in [2.24, 2.45) is 4.99 Å². The second-order valence-electron chi connectivity index (χ2n) is 10.6. The normalized spacial score (nSPS) is 11.9. The van der Waals surface area contributed by atoms with Crippen molar-refractivity contribution in [3.05, 3.63) is 74.8 Å². The van der Waals surface area contributed by atoms with Gasteiger partial charge in [0.15, 0.2) is 0 Å². The summed E-state index contributed by atoms with van der Waals surface area (Å²) in [6.07, 6.45) is 5.07. The quantitative estimate of drug-likeness (QED) is 0.245. The van der Waals surface area contributed by atoms with Crippen LogP contribution in [-0.2, 0) is 27.3 Å². The first-order valence-electron chi connectivity index (χ1n) is 11.3. The number of aliphatic imine (C=N–C) groups is 1. The first-order valence-corrected chi connectivity index (χ1v) is 12.1. The van der Waals surface area contributed by atoms with Crippen LogP contribution in [-0.4, -0.2) is 15.7 Å². The van der Waals surface area contributed by atoms with E-state index >= 15 is 0 Å². The molecule has 0 aliphatic rings. The second-order valence-corrected chi connectivity index (χ2v) is 11.3. The molecule has 0 N–H and O–H groups in total. The average molecular weight is 573 g/mol. The van der Waals surface area contributed by atoms with E-state index in [1.54, 1.807) is 18.6 Å². The van der Waals surface area contributed by atoms with Gasteiger partial charge in [0.25, 0.3) is 0 Å². The van der Waals surface area contributed by atoms with Crippen LogP contribution in [0.5, 0.6) is 11.5 Å². The van der Waals surface area contributed by atoms with Gasteiger partial charge in [-0.05, 0) is 53.9 Å². The zero-order valence-corrected chi connectivity index (χ0v) is 24.7. The molecule has 2 aromatic carbocycles. The molecule has 0 unspecified atom stereocenters. The molecule has 1 heterocycles. The van der Waals surface area contributed by atoms with Crippen LogP contribution in [0.4, 0.5) is 5.69 Å². The number of hydrogen-bond donors (Lipinski definition) is 0. The van der Waals surface area contributed by atoms with Crippen molar-refractivity contribution in [3.63, 3.8) is 0 Å². The molecule has 3 rings (SSSR count). The maximum Gasteiger partial charge on any atom is 2.00 e. The largest absolute Gasteiger partial charge is 2.00 e. The standard InChI is InChI=1S/C14H20Cl2O2.C14H15N3.Ni/c1-13(2,3)7-9(15)10(16)8(14(4,5)6)12(18)11(7)17;1-10-5-4-6-11(2)14(10)17-12(3)13-9-15-7-8-16-13;/h17-18H,1-6H3;4-9H,1-3H3;/q;;+2/p-2. The molecule has 1 aromatic heterocycles. The first-order chi connectivity index (χ1) is 16.1. The number of rotatable bonds is 2. The Morgan fingerprint density at radius 1 is 0.833 bits per heavy atom. The van der Waals surface area contributed by atoms with Crippen LogP contribution in [0.1, 0.15) is 76.4 Å². The van der Waals surface area contributed by atoms with Gasteiger partial charge in [0.05, 0.1) is 27.6 Å².